The Balaban J connectivity index is 2.04. The minimum Gasteiger partial charge on any atom is -0.449 e. The zero-order chi connectivity index (χ0) is 21.8. The van der Waals surface area contributed by atoms with Crippen LogP contribution in [0.1, 0.15) is 35.8 Å². The highest BCUT2D eigenvalue weighted by Gasteiger charge is 2.23. The van der Waals surface area contributed by atoms with Crippen molar-refractivity contribution in [2.75, 3.05) is 14.1 Å². The first-order valence-corrected chi connectivity index (χ1v) is 10.3. The summed E-state index contributed by atoms with van der Waals surface area (Å²) in [5.41, 5.74) is 0.707. The molecule has 0 aliphatic heterocycles. The fraction of sp³-hybridized carbons (Fsp3) is 0.300. The van der Waals surface area contributed by atoms with Gasteiger partial charge in [0.25, 0.3) is 5.91 Å². The van der Waals surface area contributed by atoms with Crippen molar-refractivity contribution in [1.82, 2.24) is 9.62 Å². The summed E-state index contributed by atoms with van der Waals surface area (Å²) in [6.07, 6.45) is -1.11. The highest BCUT2D eigenvalue weighted by atomic mass is 32.2. The number of ether oxygens (including phenoxy) is 1. The Morgan fingerprint density at radius 2 is 1.69 bits per heavy atom. The first-order chi connectivity index (χ1) is 13.5. The van der Waals surface area contributed by atoms with Crippen LogP contribution in [-0.4, -0.2) is 44.8 Å². The van der Waals surface area contributed by atoms with E-state index in [0.717, 1.165) is 4.31 Å². The van der Waals surface area contributed by atoms with Crippen molar-refractivity contribution in [1.29, 1.82) is 0 Å². The number of amides is 1. The molecule has 0 saturated heterocycles. The van der Waals surface area contributed by atoms with Gasteiger partial charge in [0.15, 0.2) is 6.10 Å². The lowest BCUT2D eigenvalue weighted by Crippen LogP contribution is -2.37. The van der Waals surface area contributed by atoms with Crippen LogP contribution in [0.2, 0.25) is 0 Å². The molecule has 0 heterocycles. The average Bonchev–Trinajstić information content (AvgIpc) is 2.68. The topological polar surface area (TPSA) is 92.8 Å². The number of halogens is 1. The number of carbonyl (C=O) groups excluding carboxylic acids is 2. The van der Waals surface area contributed by atoms with Gasteiger partial charge in [0.05, 0.1) is 16.5 Å². The van der Waals surface area contributed by atoms with Gasteiger partial charge in [-0.15, -0.1) is 0 Å². The standard InChI is InChI=1S/C20H23FN2O5S/c1-13(15-8-10-17(21)11-9-15)22-19(24)14(2)28-20(25)16-6-5-7-18(12-16)29(26,27)23(3)4/h5-14H,1-4H3,(H,22,24)/t13-,14+/m0/s1. The van der Waals surface area contributed by atoms with Gasteiger partial charge in [0.1, 0.15) is 5.82 Å². The lowest BCUT2D eigenvalue weighted by molar-refractivity contribution is -0.129. The molecule has 29 heavy (non-hydrogen) atoms. The summed E-state index contributed by atoms with van der Waals surface area (Å²) in [6.45, 7) is 3.13. The Bertz CT molecular complexity index is 990. The number of rotatable bonds is 7. The largest absolute Gasteiger partial charge is 0.449 e. The third-order valence-corrected chi connectivity index (χ3v) is 6.04. The van der Waals surface area contributed by atoms with Gasteiger partial charge in [-0.1, -0.05) is 18.2 Å². The monoisotopic (exact) mass is 422 g/mol. The summed E-state index contributed by atoms with van der Waals surface area (Å²) in [4.78, 5) is 24.6. The SMILES string of the molecule is C[C@H](NC(=O)[C@@H](C)OC(=O)c1cccc(S(=O)(=O)N(C)C)c1)c1ccc(F)cc1. The molecular weight excluding hydrogens is 399 g/mol. The molecule has 0 fully saturated rings. The van der Waals surface area contributed by atoms with Crippen molar-refractivity contribution in [2.24, 2.45) is 0 Å². The fourth-order valence-corrected chi connectivity index (χ4v) is 3.39. The molecule has 1 amide bonds. The van der Waals surface area contributed by atoms with Gasteiger partial charge in [0, 0.05) is 14.1 Å². The minimum absolute atomic E-state index is 0.0131. The number of sulfonamides is 1. The third-order valence-electron chi connectivity index (χ3n) is 4.23. The Morgan fingerprint density at radius 3 is 2.28 bits per heavy atom. The quantitative estimate of drug-likeness (QED) is 0.692. The molecule has 0 unspecified atom stereocenters. The van der Waals surface area contributed by atoms with Gasteiger partial charge in [0.2, 0.25) is 10.0 Å². The maximum atomic E-state index is 13.0. The van der Waals surface area contributed by atoms with Crippen molar-refractivity contribution < 1.29 is 27.1 Å². The second kappa shape index (κ2) is 9.15. The Labute approximate surface area is 169 Å². The minimum atomic E-state index is -3.71. The second-order valence-corrected chi connectivity index (χ2v) is 8.80. The number of benzene rings is 2. The van der Waals surface area contributed by atoms with Crippen LogP contribution in [0.15, 0.2) is 53.4 Å². The molecule has 7 nitrogen and oxygen atoms in total. The van der Waals surface area contributed by atoms with E-state index in [2.05, 4.69) is 5.32 Å². The highest BCUT2D eigenvalue weighted by molar-refractivity contribution is 7.89. The molecule has 0 bridgehead atoms. The summed E-state index contributed by atoms with van der Waals surface area (Å²) in [6, 6.07) is 10.7. The van der Waals surface area contributed by atoms with Crippen LogP contribution in [0.5, 0.6) is 0 Å². The van der Waals surface area contributed by atoms with Gasteiger partial charge >= 0.3 is 5.97 Å². The molecule has 0 radical (unpaired) electrons. The molecule has 0 saturated carbocycles. The summed E-state index contributed by atoms with van der Waals surface area (Å²) in [7, 11) is -0.940. The summed E-state index contributed by atoms with van der Waals surface area (Å²) >= 11 is 0. The molecule has 156 valence electrons. The van der Waals surface area contributed by atoms with Crippen LogP contribution < -0.4 is 5.32 Å². The molecule has 0 aliphatic rings. The van der Waals surface area contributed by atoms with E-state index < -0.39 is 34.0 Å². The van der Waals surface area contributed by atoms with Gasteiger partial charge in [-0.3, -0.25) is 4.79 Å². The van der Waals surface area contributed by atoms with Gasteiger partial charge in [-0.05, 0) is 49.7 Å². The summed E-state index contributed by atoms with van der Waals surface area (Å²) in [5.74, 6) is -1.74. The zero-order valence-corrected chi connectivity index (χ0v) is 17.4. The van der Waals surface area contributed by atoms with Crippen molar-refractivity contribution in [3.8, 4) is 0 Å². The van der Waals surface area contributed by atoms with Crippen molar-refractivity contribution in [3.05, 3.63) is 65.5 Å². The number of esters is 1. The number of nitrogens with zero attached hydrogens (tertiary/aromatic N) is 1. The normalized spacial score (nSPS) is 13.6. The number of nitrogens with one attached hydrogen (secondary N) is 1. The fourth-order valence-electron chi connectivity index (χ4n) is 2.44. The highest BCUT2D eigenvalue weighted by Crippen LogP contribution is 2.17. The summed E-state index contributed by atoms with van der Waals surface area (Å²) in [5, 5.41) is 2.68. The van der Waals surface area contributed by atoms with E-state index in [-0.39, 0.29) is 16.3 Å². The van der Waals surface area contributed by atoms with Crippen LogP contribution in [-0.2, 0) is 19.6 Å². The predicted molar refractivity (Wildman–Crippen MR) is 105 cm³/mol. The Morgan fingerprint density at radius 1 is 1.07 bits per heavy atom. The van der Waals surface area contributed by atoms with Crippen molar-refractivity contribution in [3.63, 3.8) is 0 Å². The van der Waals surface area contributed by atoms with E-state index in [1.165, 1.54) is 57.4 Å². The first-order valence-electron chi connectivity index (χ1n) is 8.81. The van der Waals surface area contributed by atoms with E-state index in [4.69, 9.17) is 4.74 Å². The van der Waals surface area contributed by atoms with Gasteiger partial charge in [-0.25, -0.2) is 21.9 Å². The van der Waals surface area contributed by atoms with Crippen LogP contribution >= 0.6 is 0 Å². The van der Waals surface area contributed by atoms with Crippen molar-refractivity contribution >= 4 is 21.9 Å². The third kappa shape index (κ3) is 5.61. The smallest absolute Gasteiger partial charge is 0.338 e. The lowest BCUT2D eigenvalue weighted by Gasteiger charge is -2.18. The molecule has 2 atom stereocenters. The molecular formula is C20H23FN2O5S. The van der Waals surface area contributed by atoms with Crippen LogP contribution in [0.3, 0.4) is 0 Å². The number of hydrogen-bond acceptors (Lipinski definition) is 5. The van der Waals surface area contributed by atoms with E-state index in [1.807, 2.05) is 0 Å². The number of hydrogen-bond donors (Lipinski definition) is 1. The zero-order valence-electron chi connectivity index (χ0n) is 16.5. The Hall–Kier alpha value is -2.78. The van der Waals surface area contributed by atoms with Crippen LogP contribution in [0, 0.1) is 5.82 Å². The molecule has 9 heteroatoms. The van der Waals surface area contributed by atoms with Gasteiger partial charge in [-0.2, -0.15) is 0 Å². The first kappa shape index (κ1) is 22.5. The molecule has 2 aromatic carbocycles. The second-order valence-electron chi connectivity index (χ2n) is 6.64. The molecule has 0 aromatic heterocycles. The Kier molecular flexibility index (Phi) is 7.10. The molecule has 0 spiro atoms. The van der Waals surface area contributed by atoms with E-state index in [9.17, 15) is 22.4 Å². The molecule has 2 rings (SSSR count). The molecule has 0 aliphatic carbocycles. The van der Waals surface area contributed by atoms with Gasteiger partial charge < -0.3 is 10.1 Å². The average molecular weight is 422 g/mol. The number of carbonyl (C=O) groups is 2. The maximum absolute atomic E-state index is 13.0. The maximum Gasteiger partial charge on any atom is 0.338 e. The predicted octanol–water partition coefficient (Wildman–Crippen LogP) is 2.50. The molecule has 1 N–H and O–H groups in total. The summed E-state index contributed by atoms with van der Waals surface area (Å²) < 4.78 is 43.6. The van der Waals surface area contributed by atoms with E-state index in [0.29, 0.717) is 5.56 Å². The van der Waals surface area contributed by atoms with Crippen LogP contribution in [0.4, 0.5) is 4.39 Å². The van der Waals surface area contributed by atoms with E-state index in [1.54, 1.807) is 19.1 Å². The van der Waals surface area contributed by atoms with E-state index >= 15 is 0 Å². The van der Waals surface area contributed by atoms with Crippen LogP contribution in [0.25, 0.3) is 0 Å². The molecule has 2 aromatic rings. The van der Waals surface area contributed by atoms with Crippen molar-refractivity contribution in [2.45, 2.75) is 30.9 Å². The lowest BCUT2D eigenvalue weighted by atomic mass is 10.1.